The monoisotopic (exact) mass is 283 g/mol. The minimum atomic E-state index is 0.395. The maximum Gasteiger partial charge on any atom is 0.133 e. The van der Waals surface area contributed by atoms with Crippen molar-refractivity contribution < 1.29 is 0 Å². The molecule has 2 N–H and O–H groups in total. The van der Waals surface area contributed by atoms with E-state index < -0.39 is 0 Å². The van der Waals surface area contributed by atoms with Crippen LogP contribution in [0.15, 0.2) is 36.4 Å². The summed E-state index contributed by atoms with van der Waals surface area (Å²) in [6.07, 6.45) is 0. The van der Waals surface area contributed by atoms with Crippen molar-refractivity contribution in [3.05, 3.63) is 53.2 Å². The zero-order chi connectivity index (χ0) is 15.4. The number of rotatable bonds is 5. The third kappa shape index (κ3) is 3.61. The van der Waals surface area contributed by atoms with E-state index in [2.05, 4.69) is 69.0 Å². The van der Waals surface area contributed by atoms with Crippen molar-refractivity contribution in [3.8, 4) is 0 Å². The largest absolute Gasteiger partial charge is 0.327 e. The van der Waals surface area contributed by atoms with Gasteiger partial charge in [-0.15, -0.1) is 0 Å². The van der Waals surface area contributed by atoms with Gasteiger partial charge in [0.05, 0.1) is 0 Å². The van der Waals surface area contributed by atoms with Crippen molar-refractivity contribution in [2.75, 3.05) is 11.4 Å². The van der Waals surface area contributed by atoms with Gasteiger partial charge in [0.2, 0.25) is 0 Å². The summed E-state index contributed by atoms with van der Waals surface area (Å²) in [5, 5.41) is 0. The summed E-state index contributed by atoms with van der Waals surface area (Å²) in [7, 11) is 0. The minimum Gasteiger partial charge on any atom is -0.327 e. The van der Waals surface area contributed by atoms with E-state index in [1.165, 1.54) is 11.3 Å². The van der Waals surface area contributed by atoms with Gasteiger partial charge in [0.15, 0.2) is 0 Å². The number of pyridine rings is 1. The lowest BCUT2D eigenvalue weighted by atomic mass is 10.1. The number of hydrogen-bond donors (Lipinski definition) is 1. The highest BCUT2D eigenvalue weighted by molar-refractivity contribution is 5.61. The van der Waals surface area contributed by atoms with Gasteiger partial charge in [-0.1, -0.05) is 31.5 Å². The summed E-state index contributed by atoms with van der Waals surface area (Å²) in [5.74, 6) is 1.37. The fourth-order valence-corrected chi connectivity index (χ4v) is 2.35. The zero-order valence-electron chi connectivity index (χ0n) is 13.4. The molecule has 0 radical (unpaired) electrons. The lowest BCUT2D eigenvalue weighted by molar-refractivity contribution is 0.809. The van der Waals surface area contributed by atoms with E-state index in [0.29, 0.717) is 12.5 Å². The van der Waals surface area contributed by atoms with Gasteiger partial charge >= 0.3 is 0 Å². The second kappa shape index (κ2) is 6.72. The predicted octanol–water partition coefficient (Wildman–Crippen LogP) is 4.13. The van der Waals surface area contributed by atoms with Gasteiger partial charge in [-0.05, 0) is 49.6 Å². The van der Waals surface area contributed by atoms with Crippen LogP contribution in [0.4, 0.5) is 11.5 Å². The molecule has 2 rings (SSSR count). The fraction of sp³-hybridized carbons (Fsp3) is 0.389. The Balaban J connectivity index is 2.46. The van der Waals surface area contributed by atoms with Crippen molar-refractivity contribution in [2.24, 2.45) is 5.73 Å². The molecule has 1 aromatic carbocycles. The number of aromatic nitrogens is 1. The number of nitrogens with two attached hydrogens (primary N) is 1. The topological polar surface area (TPSA) is 42.1 Å². The molecule has 3 nitrogen and oxygen atoms in total. The van der Waals surface area contributed by atoms with E-state index in [1.54, 1.807) is 0 Å². The standard InChI is InChI=1S/C18H25N3/c1-5-21(16-8-6-14(4)7-9-16)18-11-15(12-19)10-17(20-18)13(2)3/h6-11,13H,5,12,19H2,1-4H3. The molecule has 0 atom stereocenters. The number of benzene rings is 1. The molecule has 0 amide bonds. The quantitative estimate of drug-likeness (QED) is 0.897. The molecule has 0 saturated heterocycles. The van der Waals surface area contributed by atoms with E-state index in [9.17, 15) is 0 Å². The first kappa shape index (κ1) is 15.5. The van der Waals surface area contributed by atoms with Crippen LogP contribution in [0, 0.1) is 6.92 Å². The van der Waals surface area contributed by atoms with Crippen LogP contribution in [0.25, 0.3) is 0 Å². The van der Waals surface area contributed by atoms with Crippen molar-refractivity contribution >= 4 is 11.5 Å². The van der Waals surface area contributed by atoms with Crippen LogP contribution in [-0.2, 0) is 6.54 Å². The summed E-state index contributed by atoms with van der Waals surface area (Å²) >= 11 is 0. The second-order valence-electron chi connectivity index (χ2n) is 5.70. The molecule has 0 bridgehead atoms. The molecular formula is C18H25N3. The maximum absolute atomic E-state index is 5.84. The van der Waals surface area contributed by atoms with Crippen molar-refractivity contribution in [2.45, 2.75) is 40.2 Å². The van der Waals surface area contributed by atoms with Crippen LogP contribution in [0.2, 0.25) is 0 Å². The third-order valence-electron chi connectivity index (χ3n) is 3.66. The molecule has 0 saturated carbocycles. The van der Waals surface area contributed by atoms with Gasteiger partial charge in [-0.2, -0.15) is 0 Å². The molecule has 2 aromatic rings. The molecule has 1 heterocycles. The molecule has 1 aromatic heterocycles. The predicted molar refractivity (Wildman–Crippen MR) is 90.1 cm³/mol. The molecule has 0 spiro atoms. The van der Waals surface area contributed by atoms with Gasteiger partial charge in [-0.25, -0.2) is 4.98 Å². The molecule has 0 aliphatic heterocycles. The molecular weight excluding hydrogens is 258 g/mol. The summed E-state index contributed by atoms with van der Waals surface area (Å²) in [5.41, 5.74) is 10.5. The number of nitrogens with zero attached hydrogens (tertiary/aromatic N) is 2. The SMILES string of the molecule is CCN(c1ccc(C)cc1)c1cc(CN)cc(C(C)C)n1. The van der Waals surface area contributed by atoms with E-state index in [1.807, 2.05) is 0 Å². The van der Waals surface area contributed by atoms with Crippen molar-refractivity contribution in [3.63, 3.8) is 0 Å². The minimum absolute atomic E-state index is 0.395. The summed E-state index contributed by atoms with van der Waals surface area (Å²) < 4.78 is 0. The highest BCUT2D eigenvalue weighted by Gasteiger charge is 2.12. The Morgan fingerprint density at radius 1 is 1.14 bits per heavy atom. The maximum atomic E-state index is 5.84. The van der Waals surface area contributed by atoms with Crippen molar-refractivity contribution in [1.29, 1.82) is 0 Å². The average Bonchev–Trinajstić information content (AvgIpc) is 2.49. The van der Waals surface area contributed by atoms with Gasteiger partial charge < -0.3 is 10.6 Å². The second-order valence-corrected chi connectivity index (χ2v) is 5.70. The Kier molecular flexibility index (Phi) is 4.97. The van der Waals surface area contributed by atoms with Crippen molar-refractivity contribution in [1.82, 2.24) is 4.98 Å². The van der Waals surface area contributed by atoms with E-state index in [0.717, 1.165) is 23.6 Å². The highest BCUT2D eigenvalue weighted by Crippen LogP contribution is 2.26. The number of aryl methyl sites for hydroxylation is 1. The Hall–Kier alpha value is -1.87. The summed E-state index contributed by atoms with van der Waals surface area (Å²) in [6.45, 7) is 9.99. The van der Waals surface area contributed by atoms with Crippen LogP contribution in [0.1, 0.15) is 43.5 Å². The van der Waals surface area contributed by atoms with E-state index in [-0.39, 0.29) is 0 Å². The normalized spacial score (nSPS) is 11.0. The van der Waals surface area contributed by atoms with Gasteiger partial charge in [0, 0.05) is 24.5 Å². The fourth-order valence-electron chi connectivity index (χ4n) is 2.35. The molecule has 21 heavy (non-hydrogen) atoms. The molecule has 0 fully saturated rings. The summed E-state index contributed by atoms with van der Waals surface area (Å²) in [4.78, 5) is 7.05. The Labute approximate surface area is 127 Å². The van der Waals surface area contributed by atoms with Gasteiger partial charge in [0.25, 0.3) is 0 Å². The number of hydrogen-bond acceptors (Lipinski definition) is 3. The smallest absolute Gasteiger partial charge is 0.133 e. The van der Waals surface area contributed by atoms with Gasteiger partial charge in [0.1, 0.15) is 5.82 Å². The third-order valence-corrected chi connectivity index (χ3v) is 3.66. The van der Waals surface area contributed by atoms with Crippen LogP contribution in [-0.4, -0.2) is 11.5 Å². The van der Waals surface area contributed by atoms with Crippen LogP contribution < -0.4 is 10.6 Å². The summed E-state index contributed by atoms with van der Waals surface area (Å²) in [6, 6.07) is 12.8. The zero-order valence-corrected chi connectivity index (χ0v) is 13.4. The van der Waals surface area contributed by atoms with Gasteiger partial charge in [-0.3, -0.25) is 0 Å². The Morgan fingerprint density at radius 3 is 2.33 bits per heavy atom. The molecule has 3 heteroatoms. The highest BCUT2D eigenvalue weighted by atomic mass is 15.2. The Bertz CT molecular complexity index is 588. The Morgan fingerprint density at radius 2 is 1.81 bits per heavy atom. The van der Waals surface area contributed by atoms with Crippen LogP contribution in [0.5, 0.6) is 0 Å². The molecule has 0 aliphatic rings. The van der Waals surface area contributed by atoms with E-state index in [4.69, 9.17) is 10.7 Å². The molecule has 112 valence electrons. The number of anilines is 2. The van der Waals surface area contributed by atoms with Crippen LogP contribution in [0.3, 0.4) is 0 Å². The average molecular weight is 283 g/mol. The lowest BCUT2D eigenvalue weighted by Crippen LogP contribution is -2.18. The van der Waals surface area contributed by atoms with E-state index >= 15 is 0 Å². The first-order valence-corrected chi connectivity index (χ1v) is 7.60. The van der Waals surface area contributed by atoms with Crippen LogP contribution >= 0.6 is 0 Å². The molecule has 0 aliphatic carbocycles. The first-order chi connectivity index (χ1) is 10.0. The molecule has 0 unspecified atom stereocenters. The first-order valence-electron chi connectivity index (χ1n) is 7.60. The lowest BCUT2D eigenvalue weighted by Gasteiger charge is -2.24.